The number of hydrogen-bond donors (Lipinski definition) is 1. The summed E-state index contributed by atoms with van der Waals surface area (Å²) in [7, 11) is 0. The van der Waals surface area contributed by atoms with E-state index in [9.17, 15) is 4.79 Å². The van der Waals surface area contributed by atoms with E-state index < -0.39 is 5.97 Å². The van der Waals surface area contributed by atoms with E-state index in [1.165, 1.54) is 28.3 Å². The van der Waals surface area contributed by atoms with E-state index in [-0.39, 0.29) is 5.57 Å². The van der Waals surface area contributed by atoms with Crippen LogP contribution in [0.4, 0.5) is 17.1 Å². The summed E-state index contributed by atoms with van der Waals surface area (Å²) in [5.74, 6) is -1.24. The van der Waals surface area contributed by atoms with Gasteiger partial charge in [-0.05, 0) is 131 Å². The van der Waals surface area contributed by atoms with Gasteiger partial charge in [-0.2, -0.15) is 5.26 Å². The second-order valence-electron chi connectivity index (χ2n) is 13.1. The smallest absolute Gasteiger partial charge is 0.346 e. The Morgan fingerprint density at radius 1 is 0.537 bits per heavy atom. The fourth-order valence-corrected chi connectivity index (χ4v) is 6.24. The number of carboxylic acids is 1. The maximum absolute atomic E-state index is 11.0. The average Bonchev–Trinajstić information content (AvgIpc) is 3.23. The van der Waals surface area contributed by atoms with E-state index in [0.717, 1.165) is 56.0 Å². The molecule has 4 heteroatoms. The van der Waals surface area contributed by atoms with Crippen LogP contribution >= 0.6 is 0 Å². The number of rotatable bonds is 11. The number of allylic oxidation sites excluding steroid dienone is 6. The van der Waals surface area contributed by atoms with Crippen molar-refractivity contribution in [2.24, 2.45) is 0 Å². The minimum Gasteiger partial charge on any atom is -0.477 e. The molecule has 0 radical (unpaired) electrons. The molecule has 0 aliphatic heterocycles. The van der Waals surface area contributed by atoms with Crippen LogP contribution in [0, 0.1) is 11.3 Å². The van der Waals surface area contributed by atoms with Crippen molar-refractivity contribution in [2.45, 2.75) is 27.7 Å². The molecule has 0 aliphatic carbocycles. The van der Waals surface area contributed by atoms with E-state index in [2.05, 4.69) is 166 Å². The van der Waals surface area contributed by atoms with Crippen molar-refractivity contribution < 1.29 is 9.90 Å². The maximum atomic E-state index is 11.0. The van der Waals surface area contributed by atoms with Crippen LogP contribution in [0.25, 0.3) is 50.6 Å². The Hall–Kier alpha value is -6.96. The van der Waals surface area contributed by atoms with Gasteiger partial charge in [-0.15, -0.1) is 0 Å². The van der Waals surface area contributed by atoms with Gasteiger partial charge in [0.25, 0.3) is 0 Å². The molecule has 0 fully saturated rings. The molecule has 0 atom stereocenters. The van der Waals surface area contributed by atoms with E-state index in [1.54, 1.807) is 18.2 Å². The van der Waals surface area contributed by atoms with E-state index >= 15 is 0 Å². The lowest BCUT2D eigenvalue weighted by molar-refractivity contribution is -0.132. The first-order valence-corrected chi connectivity index (χ1v) is 18.0. The third-order valence-electron chi connectivity index (χ3n) is 9.74. The number of nitrogens with zero attached hydrogens (tertiary/aromatic N) is 2. The fraction of sp³-hybridized carbons (Fsp3) is 0.0800. The highest BCUT2D eigenvalue weighted by atomic mass is 16.4. The molecular weight excluding hydrogens is 661 g/mol. The molecule has 0 aromatic heterocycles. The number of benzene rings is 6. The first-order valence-electron chi connectivity index (χ1n) is 18.0. The lowest BCUT2D eigenvalue weighted by Gasteiger charge is -2.26. The van der Waals surface area contributed by atoms with Gasteiger partial charge < -0.3 is 10.0 Å². The summed E-state index contributed by atoms with van der Waals surface area (Å²) < 4.78 is 0. The van der Waals surface area contributed by atoms with E-state index in [4.69, 9.17) is 10.4 Å². The molecule has 6 rings (SSSR count). The summed E-state index contributed by atoms with van der Waals surface area (Å²) in [4.78, 5) is 13.3. The zero-order valence-corrected chi connectivity index (χ0v) is 31.0. The summed E-state index contributed by atoms with van der Waals surface area (Å²) in [5, 5.41) is 17.9. The molecule has 6 aromatic carbocycles. The van der Waals surface area contributed by atoms with Crippen molar-refractivity contribution in [3.63, 3.8) is 0 Å². The van der Waals surface area contributed by atoms with Crippen molar-refractivity contribution in [3.8, 4) is 39.4 Å². The molecular formula is C50H42N2O2. The largest absolute Gasteiger partial charge is 0.477 e. The number of aliphatic carboxylic acids is 1. The summed E-state index contributed by atoms with van der Waals surface area (Å²) in [6, 6.07) is 53.2. The number of carbonyl (C=O) groups is 1. The molecule has 0 aliphatic rings. The van der Waals surface area contributed by atoms with Crippen LogP contribution in [0.15, 0.2) is 175 Å². The van der Waals surface area contributed by atoms with E-state index in [0.29, 0.717) is 0 Å². The summed E-state index contributed by atoms with van der Waals surface area (Å²) in [6.07, 6.45) is 8.93. The van der Waals surface area contributed by atoms with Crippen molar-refractivity contribution in [1.82, 2.24) is 0 Å². The van der Waals surface area contributed by atoms with Crippen molar-refractivity contribution >= 4 is 40.3 Å². The number of anilines is 3. The zero-order chi connectivity index (χ0) is 38.0. The number of hydrogen-bond acceptors (Lipinski definition) is 3. The number of carboxylic acid groups (broad SMARTS) is 1. The quantitative estimate of drug-likeness (QED) is 0.0829. The van der Waals surface area contributed by atoms with Gasteiger partial charge in [0.15, 0.2) is 0 Å². The molecule has 0 heterocycles. The maximum Gasteiger partial charge on any atom is 0.346 e. The predicted octanol–water partition coefficient (Wildman–Crippen LogP) is 13.6. The second-order valence-corrected chi connectivity index (χ2v) is 13.1. The molecule has 0 bridgehead atoms. The van der Waals surface area contributed by atoms with Crippen LogP contribution < -0.4 is 4.90 Å². The Labute approximate surface area is 318 Å². The van der Waals surface area contributed by atoms with Gasteiger partial charge in [-0.1, -0.05) is 133 Å². The lowest BCUT2D eigenvalue weighted by atomic mass is 9.97. The molecule has 1 N–H and O–H groups in total. The first kappa shape index (κ1) is 36.8. The molecule has 4 nitrogen and oxygen atoms in total. The van der Waals surface area contributed by atoms with Crippen LogP contribution in [0.5, 0.6) is 0 Å². The van der Waals surface area contributed by atoms with Crippen LogP contribution in [0.2, 0.25) is 0 Å². The minimum absolute atomic E-state index is 0.301. The van der Waals surface area contributed by atoms with Crippen LogP contribution in [-0.2, 0) is 4.79 Å². The molecule has 0 spiro atoms. The standard InChI is InChI=1S/C50H42N2O2/c1-5-35(3)38-22-28-47(29-23-38)52(48-30-24-39(25-31-48)36(4)6-2)49-32-26-45(27-33-49)44-20-18-43(19-21-44)42-16-14-41(15-17-42)40-12-10-37(11-13-40)8-7-9-46(34-51)50(53)54/h5-33H,1-4H3,(H,53,54)/b8-7+,35-5-,36-6-,46-9-. The minimum atomic E-state index is -1.24. The van der Waals surface area contributed by atoms with Crippen LogP contribution in [0.3, 0.4) is 0 Å². The highest BCUT2D eigenvalue weighted by molar-refractivity contribution is 5.91. The third kappa shape index (κ3) is 8.56. The second kappa shape index (κ2) is 17.0. The normalized spacial score (nSPS) is 12.1. The van der Waals surface area contributed by atoms with Gasteiger partial charge in [0.1, 0.15) is 11.6 Å². The Morgan fingerprint density at radius 2 is 0.852 bits per heavy atom. The predicted molar refractivity (Wildman–Crippen MR) is 226 cm³/mol. The first-order chi connectivity index (χ1) is 26.3. The van der Waals surface area contributed by atoms with Gasteiger partial charge in [-0.25, -0.2) is 4.79 Å². The molecule has 0 amide bonds. The lowest BCUT2D eigenvalue weighted by Crippen LogP contribution is -2.10. The van der Waals surface area contributed by atoms with Crippen molar-refractivity contribution in [3.05, 3.63) is 192 Å². The summed E-state index contributed by atoms with van der Waals surface area (Å²) >= 11 is 0. The molecule has 0 unspecified atom stereocenters. The highest BCUT2D eigenvalue weighted by Gasteiger charge is 2.14. The molecule has 54 heavy (non-hydrogen) atoms. The molecule has 264 valence electrons. The SMILES string of the molecule is C/C=C(/C)c1ccc(N(c2ccc(/C(C)=C\C)cc2)c2ccc(-c3ccc(-c4ccc(-c5ccc(/C=C/C=C(/C#N)C(=O)O)cc5)cc4)cc3)cc2)cc1. The summed E-state index contributed by atoms with van der Waals surface area (Å²) in [5.41, 5.74) is 15.6. The van der Waals surface area contributed by atoms with Crippen LogP contribution in [-0.4, -0.2) is 11.1 Å². The Balaban J connectivity index is 1.18. The van der Waals surface area contributed by atoms with Crippen molar-refractivity contribution in [2.75, 3.05) is 4.90 Å². The Kier molecular flexibility index (Phi) is 11.6. The highest BCUT2D eigenvalue weighted by Crippen LogP contribution is 2.37. The summed E-state index contributed by atoms with van der Waals surface area (Å²) in [6.45, 7) is 8.42. The topological polar surface area (TPSA) is 64.3 Å². The fourth-order valence-electron chi connectivity index (χ4n) is 6.24. The average molecular weight is 703 g/mol. The van der Waals surface area contributed by atoms with Gasteiger partial charge >= 0.3 is 5.97 Å². The molecule has 6 aromatic rings. The van der Waals surface area contributed by atoms with E-state index in [1.807, 2.05) is 24.3 Å². The van der Waals surface area contributed by atoms with Gasteiger partial charge in [-0.3, -0.25) is 0 Å². The van der Waals surface area contributed by atoms with Crippen molar-refractivity contribution in [1.29, 1.82) is 5.26 Å². The molecule has 0 saturated carbocycles. The number of nitriles is 1. The molecule has 0 saturated heterocycles. The Bertz CT molecular complexity index is 2330. The van der Waals surface area contributed by atoms with Crippen LogP contribution in [0.1, 0.15) is 44.4 Å². The van der Waals surface area contributed by atoms with Gasteiger partial charge in [0.2, 0.25) is 0 Å². The third-order valence-corrected chi connectivity index (χ3v) is 9.74. The van der Waals surface area contributed by atoms with Gasteiger partial charge in [0.05, 0.1) is 0 Å². The monoisotopic (exact) mass is 702 g/mol. The zero-order valence-electron chi connectivity index (χ0n) is 31.0. The van der Waals surface area contributed by atoms with Gasteiger partial charge in [0, 0.05) is 17.1 Å². The Morgan fingerprint density at radius 3 is 1.17 bits per heavy atom.